The summed E-state index contributed by atoms with van der Waals surface area (Å²) in [6.45, 7) is 4.57. The van der Waals surface area contributed by atoms with Crippen LogP contribution in [0.5, 0.6) is 0 Å². The van der Waals surface area contributed by atoms with Crippen LogP contribution in [-0.2, 0) is 16.1 Å². The second kappa shape index (κ2) is 12.8. The summed E-state index contributed by atoms with van der Waals surface area (Å²) in [6, 6.07) is 11.7. The zero-order valence-electron chi connectivity index (χ0n) is 19.0. The summed E-state index contributed by atoms with van der Waals surface area (Å²) in [4.78, 5) is 36.4. The van der Waals surface area contributed by atoms with Gasteiger partial charge in [-0.15, -0.1) is 0 Å². The first kappa shape index (κ1) is 25.3. The van der Waals surface area contributed by atoms with E-state index in [0.717, 1.165) is 49.3 Å². The van der Waals surface area contributed by atoms with Gasteiger partial charge in [0.2, 0.25) is 5.91 Å². The van der Waals surface area contributed by atoms with Gasteiger partial charge in [0.15, 0.2) is 5.82 Å². The molecule has 0 saturated carbocycles. The highest BCUT2D eigenvalue weighted by atomic mass is 35.5. The number of aryl methyl sites for hydroxylation is 1. The van der Waals surface area contributed by atoms with Crippen LogP contribution in [0.4, 0.5) is 5.82 Å². The number of hydrogen-bond acceptors (Lipinski definition) is 6. The van der Waals surface area contributed by atoms with Crippen LogP contribution in [0.3, 0.4) is 0 Å². The van der Waals surface area contributed by atoms with Crippen molar-refractivity contribution in [1.29, 1.82) is 0 Å². The zero-order chi connectivity index (χ0) is 24.3. The summed E-state index contributed by atoms with van der Waals surface area (Å²) < 4.78 is 0. The Morgan fingerprint density at radius 2 is 2.03 bits per heavy atom. The normalized spacial score (nSPS) is 15.6. The third kappa shape index (κ3) is 7.60. The molecular weight excluding hydrogens is 454 g/mol. The van der Waals surface area contributed by atoms with Crippen molar-refractivity contribution in [3.05, 3.63) is 71.3 Å². The quantitative estimate of drug-likeness (QED) is 0.395. The summed E-state index contributed by atoms with van der Waals surface area (Å²) in [6.07, 6.45) is 7.77. The number of piperidine rings is 1. The number of rotatable bonds is 6. The number of pyridine rings is 1. The number of halogens is 1. The molecule has 2 aromatic heterocycles. The summed E-state index contributed by atoms with van der Waals surface area (Å²) in [7, 11) is 0. The van der Waals surface area contributed by atoms with Crippen molar-refractivity contribution >= 4 is 29.8 Å². The van der Waals surface area contributed by atoms with E-state index >= 15 is 0 Å². The average Bonchev–Trinajstić information content (AvgIpc) is 2.82. The molecule has 1 atom stereocenters. The van der Waals surface area contributed by atoms with Crippen molar-refractivity contribution in [2.75, 3.05) is 18.4 Å². The predicted molar refractivity (Wildman–Crippen MR) is 131 cm³/mol. The number of nitrogens with one attached hydrogen (secondary N) is 1. The standard InChI is InChI=1S/C24H26ClN5O.CH2O2/c1-17-10-22(25)27-12-20(17)16-30-9-5-6-18(15-30)11-24(31)29-23-14-26-13-21(28-23)19-7-3-2-4-8-19;2-1-3/h2-4,7-8,10,12-14,18H,5-6,9,11,15-16H2,1H3,(H,28,29,31);1H,(H,2,3)/t18-;/m1./s1. The second-order valence-corrected chi connectivity index (χ2v) is 8.58. The predicted octanol–water partition coefficient (Wildman–Crippen LogP) is 4.44. The first-order valence-corrected chi connectivity index (χ1v) is 11.4. The molecule has 1 aromatic carbocycles. The molecule has 0 aliphatic carbocycles. The summed E-state index contributed by atoms with van der Waals surface area (Å²) >= 11 is 5.97. The van der Waals surface area contributed by atoms with E-state index in [0.29, 0.717) is 23.3 Å². The van der Waals surface area contributed by atoms with Crippen LogP contribution in [0.1, 0.15) is 30.4 Å². The Kier molecular flexibility index (Phi) is 9.49. The van der Waals surface area contributed by atoms with Gasteiger partial charge in [-0.2, -0.15) is 0 Å². The SMILES string of the molecule is Cc1cc(Cl)ncc1CN1CCC[C@H](CC(=O)Nc2cncc(-c3ccccc3)n2)C1.O=CO. The lowest BCUT2D eigenvalue weighted by Crippen LogP contribution is -2.36. The second-order valence-electron chi connectivity index (χ2n) is 8.19. The molecular formula is C25H28ClN5O3. The fourth-order valence-corrected chi connectivity index (χ4v) is 4.26. The van der Waals surface area contributed by atoms with Crippen LogP contribution in [0.2, 0.25) is 5.15 Å². The Morgan fingerprint density at radius 1 is 1.26 bits per heavy atom. The van der Waals surface area contributed by atoms with Gasteiger partial charge in [-0.25, -0.2) is 9.97 Å². The van der Waals surface area contributed by atoms with Gasteiger partial charge in [0, 0.05) is 31.3 Å². The molecule has 1 fully saturated rings. The summed E-state index contributed by atoms with van der Waals surface area (Å²) in [5.74, 6) is 0.789. The highest BCUT2D eigenvalue weighted by molar-refractivity contribution is 6.29. The molecule has 3 heterocycles. The zero-order valence-corrected chi connectivity index (χ0v) is 19.8. The van der Waals surface area contributed by atoms with Crippen molar-refractivity contribution in [2.45, 2.75) is 32.7 Å². The molecule has 9 heteroatoms. The van der Waals surface area contributed by atoms with Gasteiger partial charge >= 0.3 is 0 Å². The molecule has 4 rings (SSSR count). The maximum absolute atomic E-state index is 12.7. The minimum atomic E-state index is -0.250. The van der Waals surface area contributed by atoms with Crippen molar-refractivity contribution in [2.24, 2.45) is 5.92 Å². The molecule has 0 bridgehead atoms. The number of benzene rings is 1. The lowest BCUT2D eigenvalue weighted by Gasteiger charge is -2.32. The number of nitrogens with zero attached hydrogens (tertiary/aromatic N) is 4. The number of carbonyl (C=O) groups excluding carboxylic acids is 1. The van der Waals surface area contributed by atoms with Crippen LogP contribution >= 0.6 is 11.6 Å². The molecule has 1 aliphatic heterocycles. The Bertz CT molecular complexity index is 1100. The van der Waals surface area contributed by atoms with Crippen molar-refractivity contribution in [1.82, 2.24) is 19.9 Å². The number of aromatic nitrogens is 3. The number of carbonyl (C=O) groups is 2. The minimum Gasteiger partial charge on any atom is -0.483 e. The van der Waals surface area contributed by atoms with E-state index in [-0.39, 0.29) is 12.4 Å². The number of hydrogen-bond donors (Lipinski definition) is 2. The van der Waals surface area contributed by atoms with Gasteiger partial charge in [0.25, 0.3) is 6.47 Å². The van der Waals surface area contributed by atoms with Gasteiger partial charge in [-0.3, -0.25) is 19.5 Å². The van der Waals surface area contributed by atoms with E-state index in [1.165, 1.54) is 5.56 Å². The molecule has 8 nitrogen and oxygen atoms in total. The maximum atomic E-state index is 12.7. The van der Waals surface area contributed by atoms with E-state index < -0.39 is 0 Å². The van der Waals surface area contributed by atoms with E-state index in [1.54, 1.807) is 12.4 Å². The largest absolute Gasteiger partial charge is 0.483 e. The van der Waals surface area contributed by atoms with Crippen molar-refractivity contribution in [3.63, 3.8) is 0 Å². The van der Waals surface area contributed by atoms with Crippen molar-refractivity contribution < 1.29 is 14.7 Å². The summed E-state index contributed by atoms with van der Waals surface area (Å²) in [5.41, 5.74) is 4.05. The molecule has 3 aromatic rings. The highest BCUT2D eigenvalue weighted by Crippen LogP contribution is 2.23. The molecule has 1 amide bonds. The lowest BCUT2D eigenvalue weighted by atomic mass is 9.94. The molecule has 0 spiro atoms. The Balaban J connectivity index is 0.00000103. The molecule has 2 N–H and O–H groups in total. The van der Waals surface area contributed by atoms with E-state index in [9.17, 15) is 4.79 Å². The van der Waals surface area contributed by atoms with Crippen LogP contribution in [0.25, 0.3) is 11.3 Å². The van der Waals surface area contributed by atoms with Crippen molar-refractivity contribution in [3.8, 4) is 11.3 Å². The Labute approximate surface area is 204 Å². The molecule has 0 radical (unpaired) electrons. The van der Waals surface area contributed by atoms with Crippen LogP contribution in [0.15, 0.2) is 55.0 Å². The van der Waals surface area contributed by atoms with E-state index in [1.807, 2.05) is 42.6 Å². The molecule has 0 unspecified atom stereocenters. The van der Waals surface area contributed by atoms with Gasteiger partial charge < -0.3 is 10.4 Å². The monoisotopic (exact) mass is 481 g/mol. The molecule has 34 heavy (non-hydrogen) atoms. The van der Waals surface area contributed by atoms with E-state index in [2.05, 4.69) is 32.1 Å². The number of carboxylic acid groups (broad SMARTS) is 1. The highest BCUT2D eigenvalue weighted by Gasteiger charge is 2.23. The van der Waals surface area contributed by atoms with Gasteiger partial charge in [0.05, 0.1) is 18.1 Å². The average molecular weight is 482 g/mol. The fraction of sp³-hybridized carbons (Fsp3) is 0.320. The fourth-order valence-electron chi connectivity index (χ4n) is 4.05. The number of anilines is 1. The Hall–Kier alpha value is -3.36. The third-order valence-electron chi connectivity index (χ3n) is 5.63. The smallest absolute Gasteiger partial charge is 0.290 e. The number of amides is 1. The topological polar surface area (TPSA) is 108 Å². The van der Waals surface area contributed by atoms with Gasteiger partial charge in [0.1, 0.15) is 5.15 Å². The summed E-state index contributed by atoms with van der Waals surface area (Å²) in [5, 5.41) is 10.3. The lowest BCUT2D eigenvalue weighted by molar-refractivity contribution is -0.123. The van der Waals surface area contributed by atoms with Crippen LogP contribution in [0, 0.1) is 12.8 Å². The maximum Gasteiger partial charge on any atom is 0.290 e. The first-order chi connectivity index (χ1) is 16.5. The van der Waals surface area contributed by atoms with E-state index in [4.69, 9.17) is 21.5 Å². The van der Waals surface area contributed by atoms with Gasteiger partial charge in [-0.05, 0) is 49.4 Å². The first-order valence-electron chi connectivity index (χ1n) is 11.1. The third-order valence-corrected chi connectivity index (χ3v) is 5.84. The van der Waals surface area contributed by atoms with Gasteiger partial charge in [-0.1, -0.05) is 41.9 Å². The molecule has 1 aliphatic rings. The molecule has 178 valence electrons. The number of likely N-dealkylation sites (tertiary alicyclic amines) is 1. The molecule has 1 saturated heterocycles. The Morgan fingerprint density at radius 3 is 2.76 bits per heavy atom. The minimum absolute atomic E-state index is 0.0179. The van der Waals surface area contributed by atoms with Crippen LogP contribution in [-0.4, -0.2) is 50.4 Å². The van der Waals surface area contributed by atoms with Crippen LogP contribution < -0.4 is 5.32 Å².